The summed E-state index contributed by atoms with van der Waals surface area (Å²) in [6.07, 6.45) is 6.77. The van der Waals surface area contributed by atoms with E-state index in [9.17, 15) is 0 Å². The zero-order valence-corrected chi connectivity index (χ0v) is 11.5. The summed E-state index contributed by atoms with van der Waals surface area (Å²) in [6.45, 7) is 7.03. The third-order valence-corrected chi connectivity index (χ3v) is 3.75. The van der Waals surface area contributed by atoms with Gasteiger partial charge in [-0.05, 0) is 33.2 Å². The van der Waals surface area contributed by atoms with E-state index in [0.29, 0.717) is 12.1 Å². The lowest BCUT2D eigenvalue weighted by molar-refractivity contribution is 0.186. The monoisotopic (exact) mass is 251 g/mol. The maximum absolute atomic E-state index is 5.91. The summed E-state index contributed by atoms with van der Waals surface area (Å²) in [4.78, 5) is 6.88. The van der Waals surface area contributed by atoms with Gasteiger partial charge in [-0.25, -0.2) is 9.67 Å². The van der Waals surface area contributed by atoms with Gasteiger partial charge in [-0.2, -0.15) is 5.10 Å². The molecule has 1 atom stereocenters. The van der Waals surface area contributed by atoms with Gasteiger partial charge >= 0.3 is 0 Å². The summed E-state index contributed by atoms with van der Waals surface area (Å²) < 4.78 is 2.01. The summed E-state index contributed by atoms with van der Waals surface area (Å²) in [7, 11) is 0. The molecule has 1 aliphatic rings. The molecule has 0 aliphatic carbocycles. The molecule has 1 saturated heterocycles. The highest BCUT2D eigenvalue weighted by molar-refractivity contribution is 4.89. The van der Waals surface area contributed by atoms with Crippen molar-refractivity contribution >= 4 is 0 Å². The average molecular weight is 251 g/mol. The lowest BCUT2D eigenvalue weighted by Crippen LogP contribution is -2.40. The standard InChI is InChI=1S/C13H25N5/c1-11(2)18-13(15-10-16-18)9-17-7-5-3-4-6-12(17)8-14/h10-12H,3-9,14H2,1-2H3. The minimum absolute atomic E-state index is 0.366. The first kappa shape index (κ1) is 13.5. The highest BCUT2D eigenvalue weighted by Crippen LogP contribution is 2.18. The smallest absolute Gasteiger partial charge is 0.141 e. The first-order valence-electron chi connectivity index (χ1n) is 7.05. The fourth-order valence-corrected chi connectivity index (χ4v) is 2.71. The van der Waals surface area contributed by atoms with Gasteiger partial charge < -0.3 is 5.73 Å². The van der Waals surface area contributed by atoms with Crippen molar-refractivity contribution in [2.75, 3.05) is 13.1 Å². The predicted octanol–water partition coefficient (Wildman–Crippen LogP) is 1.56. The van der Waals surface area contributed by atoms with Crippen LogP contribution in [0.25, 0.3) is 0 Å². The Morgan fingerprint density at radius 1 is 1.39 bits per heavy atom. The van der Waals surface area contributed by atoms with E-state index in [2.05, 4.69) is 28.8 Å². The van der Waals surface area contributed by atoms with E-state index in [4.69, 9.17) is 5.73 Å². The minimum atomic E-state index is 0.366. The van der Waals surface area contributed by atoms with Crippen molar-refractivity contribution < 1.29 is 0 Å². The van der Waals surface area contributed by atoms with Gasteiger partial charge in [-0.15, -0.1) is 0 Å². The van der Waals surface area contributed by atoms with Crippen LogP contribution in [0.3, 0.4) is 0 Å². The molecular formula is C13H25N5. The first-order valence-corrected chi connectivity index (χ1v) is 7.05. The second kappa shape index (κ2) is 6.29. The predicted molar refractivity (Wildman–Crippen MR) is 72.1 cm³/mol. The second-order valence-corrected chi connectivity index (χ2v) is 5.42. The number of rotatable bonds is 4. The highest BCUT2D eigenvalue weighted by Gasteiger charge is 2.21. The minimum Gasteiger partial charge on any atom is -0.329 e. The van der Waals surface area contributed by atoms with Crippen LogP contribution < -0.4 is 5.73 Å². The van der Waals surface area contributed by atoms with Crippen LogP contribution in [0.5, 0.6) is 0 Å². The van der Waals surface area contributed by atoms with Gasteiger partial charge in [-0.3, -0.25) is 4.90 Å². The molecule has 18 heavy (non-hydrogen) atoms. The molecule has 0 bridgehead atoms. The van der Waals surface area contributed by atoms with Crippen molar-refractivity contribution in [2.45, 2.75) is 58.2 Å². The number of hydrogen-bond donors (Lipinski definition) is 1. The van der Waals surface area contributed by atoms with Crippen molar-refractivity contribution in [3.8, 4) is 0 Å². The molecule has 2 N–H and O–H groups in total. The molecular weight excluding hydrogens is 226 g/mol. The Balaban J connectivity index is 2.07. The largest absolute Gasteiger partial charge is 0.329 e. The number of aromatic nitrogens is 3. The number of hydrogen-bond acceptors (Lipinski definition) is 4. The number of nitrogens with zero attached hydrogens (tertiary/aromatic N) is 4. The summed E-state index contributed by atoms with van der Waals surface area (Å²) in [5.41, 5.74) is 5.91. The van der Waals surface area contributed by atoms with Crippen molar-refractivity contribution in [1.29, 1.82) is 0 Å². The van der Waals surface area contributed by atoms with E-state index in [1.165, 1.54) is 25.7 Å². The Hall–Kier alpha value is -0.940. The fourth-order valence-electron chi connectivity index (χ4n) is 2.71. The molecule has 1 unspecified atom stereocenters. The normalized spacial score (nSPS) is 22.3. The molecule has 0 radical (unpaired) electrons. The Labute approximate surface area is 109 Å². The van der Waals surface area contributed by atoms with Crippen molar-refractivity contribution in [1.82, 2.24) is 19.7 Å². The van der Waals surface area contributed by atoms with Crippen LogP contribution in [-0.4, -0.2) is 38.8 Å². The summed E-state index contributed by atoms with van der Waals surface area (Å²) in [5, 5.41) is 4.30. The van der Waals surface area contributed by atoms with Crippen molar-refractivity contribution in [3.63, 3.8) is 0 Å². The van der Waals surface area contributed by atoms with Crippen LogP contribution in [0.2, 0.25) is 0 Å². The van der Waals surface area contributed by atoms with Crippen molar-refractivity contribution in [3.05, 3.63) is 12.2 Å². The molecule has 0 aromatic carbocycles. The summed E-state index contributed by atoms with van der Waals surface area (Å²) >= 11 is 0. The molecule has 2 rings (SSSR count). The molecule has 5 nitrogen and oxygen atoms in total. The van der Waals surface area contributed by atoms with Gasteiger partial charge in [0.2, 0.25) is 0 Å². The maximum atomic E-state index is 5.91. The van der Waals surface area contributed by atoms with Crippen LogP contribution in [0.1, 0.15) is 51.4 Å². The Morgan fingerprint density at radius 3 is 2.94 bits per heavy atom. The van der Waals surface area contributed by atoms with Crippen LogP contribution >= 0.6 is 0 Å². The van der Waals surface area contributed by atoms with E-state index in [1.807, 2.05) is 4.68 Å². The maximum Gasteiger partial charge on any atom is 0.141 e. The third-order valence-electron chi connectivity index (χ3n) is 3.75. The van der Waals surface area contributed by atoms with E-state index in [0.717, 1.165) is 25.5 Å². The Kier molecular flexibility index (Phi) is 4.72. The van der Waals surface area contributed by atoms with Gasteiger partial charge in [-0.1, -0.05) is 12.8 Å². The molecule has 1 aliphatic heterocycles. The summed E-state index contributed by atoms with van der Waals surface area (Å²) in [6, 6.07) is 0.871. The highest BCUT2D eigenvalue weighted by atomic mass is 15.4. The van der Waals surface area contributed by atoms with Gasteiger partial charge in [0.05, 0.1) is 6.54 Å². The van der Waals surface area contributed by atoms with Crippen LogP contribution in [0.4, 0.5) is 0 Å². The molecule has 1 aromatic heterocycles. The molecule has 102 valence electrons. The molecule has 5 heteroatoms. The SMILES string of the molecule is CC(C)n1ncnc1CN1CCCCCC1CN. The number of nitrogens with two attached hydrogens (primary N) is 1. The van der Waals surface area contributed by atoms with Gasteiger partial charge in [0, 0.05) is 18.6 Å². The van der Waals surface area contributed by atoms with E-state index in [1.54, 1.807) is 6.33 Å². The van der Waals surface area contributed by atoms with E-state index < -0.39 is 0 Å². The van der Waals surface area contributed by atoms with Gasteiger partial charge in [0.25, 0.3) is 0 Å². The Morgan fingerprint density at radius 2 is 2.22 bits per heavy atom. The average Bonchev–Trinajstić information content (AvgIpc) is 2.69. The lowest BCUT2D eigenvalue weighted by atomic mass is 10.1. The number of likely N-dealkylation sites (tertiary alicyclic amines) is 1. The molecule has 1 aromatic rings. The van der Waals surface area contributed by atoms with E-state index >= 15 is 0 Å². The van der Waals surface area contributed by atoms with Gasteiger partial charge in [0.1, 0.15) is 12.2 Å². The van der Waals surface area contributed by atoms with E-state index in [-0.39, 0.29) is 0 Å². The lowest BCUT2D eigenvalue weighted by Gasteiger charge is -2.28. The summed E-state index contributed by atoms with van der Waals surface area (Å²) in [5.74, 6) is 1.06. The van der Waals surface area contributed by atoms with Crippen LogP contribution in [-0.2, 0) is 6.54 Å². The quantitative estimate of drug-likeness (QED) is 0.882. The van der Waals surface area contributed by atoms with Crippen LogP contribution in [0.15, 0.2) is 6.33 Å². The zero-order chi connectivity index (χ0) is 13.0. The molecule has 1 fully saturated rings. The van der Waals surface area contributed by atoms with Gasteiger partial charge in [0.15, 0.2) is 0 Å². The van der Waals surface area contributed by atoms with Crippen molar-refractivity contribution in [2.24, 2.45) is 5.73 Å². The first-order chi connectivity index (χ1) is 8.72. The third kappa shape index (κ3) is 3.09. The zero-order valence-electron chi connectivity index (χ0n) is 11.5. The molecule has 0 amide bonds. The molecule has 2 heterocycles. The second-order valence-electron chi connectivity index (χ2n) is 5.42. The Bertz CT molecular complexity index is 360. The van der Waals surface area contributed by atoms with Crippen LogP contribution in [0, 0.1) is 0 Å². The fraction of sp³-hybridized carbons (Fsp3) is 0.846. The molecule has 0 saturated carbocycles. The molecule has 0 spiro atoms. The topological polar surface area (TPSA) is 60.0 Å².